The van der Waals surface area contributed by atoms with Gasteiger partial charge in [-0.1, -0.05) is 6.07 Å². The zero-order valence-electron chi connectivity index (χ0n) is 16.5. The molecular weight excluding hydrogens is 344 g/mol. The van der Waals surface area contributed by atoms with Gasteiger partial charge in [-0.2, -0.15) is 0 Å². The first-order valence-electron chi connectivity index (χ1n) is 9.75. The molecule has 0 saturated carbocycles. The number of nitrogens with zero attached hydrogens (tertiary/aromatic N) is 2. The fourth-order valence-electron chi connectivity index (χ4n) is 4.76. The van der Waals surface area contributed by atoms with E-state index in [1.807, 2.05) is 31.7 Å². The molecule has 3 aliphatic rings. The third kappa shape index (κ3) is 3.15. The van der Waals surface area contributed by atoms with E-state index in [0.717, 1.165) is 31.6 Å². The topological polar surface area (TPSA) is 59.1 Å². The van der Waals surface area contributed by atoms with E-state index >= 15 is 0 Å². The van der Waals surface area contributed by atoms with Crippen LogP contribution in [0.5, 0.6) is 5.75 Å². The summed E-state index contributed by atoms with van der Waals surface area (Å²) in [5.41, 5.74) is 1.89. The Morgan fingerprint density at radius 1 is 1.22 bits per heavy atom. The highest BCUT2D eigenvalue weighted by atomic mass is 16.6. The molecule has 2 amide bonds. The summed E-state index contributed by atoms with van der Waals surface area (Å²) in [4.78, 5) is 29.6. The van der Waals surface area contributed by atoms with Gasteiger partial charge in [-0.3, -0.25) is 4.79 Å². The van der Waals surface area contributed by atoms with Gasteiger partial charge < -0.3 is 19.3 Å². The van der Waals surface area contributed by atoms with Crippen LogP contribution < -0.4 is 4.74 Å². The van der Waals surface area contributed by atoms with E-state index in [1.54, 1.807) is 12.0 Å². The lowest BCUT2D eigenvalue weighted by molar-refractivity contribution is -0.144. The summed E-state index contributed by atoms with van der Waals surface area (Å²) in [6.07, 6.45) is 2.04. The zero-order chi connectivity index (χ0) is 19.3. The normalized spacial score (nSPS) is 27.0. The van der Waals surface area contributed by atoms with Crippen LogP contribution in [0.15, 0.2) is 18.2 Å². The van der Waals surface area contributed by atoms with Gasteiger partial charge in [0.05, 0.1) is 19.1 Å². The van der Waals surface area contributed by atoms with Crippen molar-refractivity contribution in [3.63, 3.8) is 0 Å². The highest BCUT2D eigenvalue weighted by Gasteiger charge is 2.51. The number of amides is 2. The molecule has 3 heterocycles. The number of rotatable bonds is 1. The van der Waals surface area contributed by atoms with Crippen LogP contribution in [0.2, 0.25) is 0 Å². The molecule has 2 saturated heterocycles. The van der Waals surface area contributed by atoms with Crippen molar-refractivity contribution in [2.24, 2.45) is 5.92 Å². The minimum Gasteiger partial charge on any atom is -0.497 e. The van der Waals surface area contributed by atoms with Gasteiger partial charge in [0.15, 0.2) is 0 Å². The van der Waals surface area contributed by atoms with Crippen molar-refractivity contribution in [2.45, 2.75) is 57.7 Å². The number of likely N-dealkylation sites (tertiary alicyclic amines) is 1. The van der Waals surface area contributed by atoms with Crippen LogP contribution in [0.3, 0.4) is 0 Å². The van der Waals surface area contributed by atoms with Gasteiger partial charge in [-0.15, -0.1) is 0 Å². The number of carbonyl (C=O) groups excluding carboxylic acids is 2. The van der Waals surface area contributed by atoms with E-state index in [4.69, 9.17) is 9.47 Å². The SMILES string of the molecule is COc1ccc2c(c1)CCN1C(=O)[C@H]3CCN(C(=O)OC(C)(C)C)[C@H]3C[C@@H]21. The molecule has 0 bridgehead atoms. The average molecular weight is 372 g/mol. The Hall–Kier alpha value is -2.24. The molecule has 6 heteroatoms. The Kier molecular flexibility index (Phi) is 4.32. The van der Waals surface area contributed by atoms with Crippen LogP contribution in [0.1, 0.15) is 50.8 Å². The third-order valence-corrected chi connectivity index (χ3v) is 5.95. The highest BCUT2D eigenvalue weighted by molar-refractivity contribution is 5.83. The first-order valence-corrected chi connectivity index (χ1v) is 9.75. The number of hydrogen-bond acceptors (Lipinski definition) is 4. The fraction of sp³-hybridized carbons (Fsp3) is 0.619. The molecule has 4 rings (SSSR count). The number of fused-ring (bicyclic) bond motifs is 4. The van der Waals surface area contributed by atoms with E-state index in [1.165, 1.54) is 11.1 Å². The lowest BCUT2D eigenvalue weighted by Gasteiger charge is -2.46. The summed E-state index contributed by atoms with van der Waals surface area (Å²) < 4.78 is 10.9. The molecule has 0 unspecified atom stereocenters. The Morgan fingerprint density at radius 2 is 2.00 bits per heavy atom. The number of methoxy groups -OCH3 is 1. The van der Waals surface area contributed by atoms with Crippen LogP contribution in [0.4, 0.5) is 4.79 Å². The van der Waals surface area contributed by atoms with Crippen molar-refractivity contribution in [1.29, 1.82) is 0 Å². The summed E-state index contributed by atoms with van der Waals surface area (Å²) >= 11 is 0. The van der Waals surface area contributed by atoms with Crippen molar-refractivity contribution < 1.29 is 19.1 Å². The molecule has 6 nitrogen and oxygen atoms in total. The number of hydrogen-bond donors (Lipinski definition) is 0. The summed E-state index contributed by atoms with van der Waals surface area (Å²) in [5, 5.41) is 0. The van der Waals surface area contributed by atoms with Crippen LogP contribution in [-0.4, -0.2) is 53.6 Å². The maximum absolute atomic E-state index is 13.1. The van der Waals surface area contributed by atoms with Crippen molar-refractivity contribution in [1.82, 2.24) is 9.80 Å². The van der Waals surface area contributed by atoms with E-state index < -0.39 is 5.60 Å². The monoisotopic (exact) mass is 372 g/mol. The van der Waals surface area contributed by atoms with Gasteiger partial charge in [0, 0.05) is 19.1 Å². The van der Waals surface area contributed by atoms with E-state index in [0.29, 0.717) is 6.54 Å². The van der Waals surface area contributed by atoms with E-state index in [2.05, 4.69) is 12.1 Å². The molecule has 0 N–H and O–H groups in total. The highest BCUT2D eigenvalue weighted by Crippen LogP contribution is 2.45. The largest absolute Gasteiger partial charge is 0.497 e. The second-order valence-corrected chi connectivity index (χ2v) is 8.73. The summed E-state index contributed by atoms with van der Waals surface area (Å²) in [5.74, 6) is 0.927. The lowest BCUT2D eigenvalue weighted by Crippen LogP contribution is -2.54. The Labute approximate surface area is 160 Å². The molecule has 0 aromatic heterocycles. The van der Waals surface area contributed by atoms with Gasteiger partial charge in [0.25, 0.3) is 0 Å². The number of carbonyl (C=O) groups is 2. The first kappa shape index (κ1) is 18.1. The van der Waals surface area contributed by atoms with E-state index in [9.17, 15) is 9.59 Å². The second-order valence-electron chi connectivity index (χ2n) is 8.73. The summed E-state index contributed by atoms with van der Waals surface area (Å²) in [6, 6.07) is 6.05. The standard InChI is InChI=1S/C21H28N2O4/c1-21(2,3)27-20(25)23-10-8-16-18(23)12-17-15-6-5-14(26-4)11-13(15)7-9-22(17)19(16)24/h5-6,11,16-18H,7-10,12H2,1-4H3/t16-,17-,18-/m0/s1. The molecule has 3 atom stereocenters. The molecule has 3 aliphatic heterocycles. The van der Waals surface area contributed by atoms with Gasteiger partial charge in [0.2, 0.25) is 5.91 Å². The molecule has 2 fully saturated rings. The summed E-state index contributed by atoms with van der Waals surface area (Å²) in [6.45, 7) is 6.94. The summed E-state index contributed by atoms with van der Waals surface area (Å²) in [7, 11) is 1.67. The van der Waals surface area contributed by atoms with Crippen LogP contribution in [0.25, 0.3) is 0 Å². The lowest BCUT2D eigenvalue weighted by atomic mass is 9.80. The minimum atomic E-state index is -0.534. The Bertz CT molecular complexity index is 770. The number of piperidine rings is 1. The number of ether oxygens (including phenoxy) is 2. The quantitative estimate of drug-likeness (QED) is 0.760. The predicted molar refractivity (Wildman–Crippen MR) is 101 cm³/mol. The van der Waals surface area contributed by atoms with Crippen LogP contribution in [-0.2, 0) is 16.0 Å². The molecule has 1 aromatic rings. The molecule has 27 heavy (non-hydrogen) atoms. The van der Waals surface area contributed by atoms with Crippen molar-refractivity contribution >= 4 is 12.0 Å². The molecule has 0 radical (unpaired) electrons. The average Bonchev–Trinajstić information content (AvgIpc) is 3.04. The molecule has 1 aromatic carbocycles. The minimum absolute atomic E-state index is 0.0245. The van der Waals surface area contributed by atoms with Crippen molar-refractivity contribution in [3.8, 4) is 5.75 Å². The maximum Gasteiger partial charge on any atom is 0.410 e. The molecular formula is C21H28N2O4. The van der Waals surface area contributed by atoms with Crippen molar-refractivity contribution in [3.05, 3.63) is 29.3 Å². The smallest absolute Gasteiger partial charge is 0.410 e. The second kappa shape index (κ2) is 6.43. The van der Waals surface area contributed by atoms with Crippen LogP contribution >= 0.6 is 0 Å². The van der Waals surface area contributed by atoms with Crippen molar-refractivity contribution in [2.75, 3.05) is 20.2 Å². The molecule has 0 aliphatic carbocycles. The maximum atomic E-state index is 13.1. The molecule has 146 valence electrons. The Balaban J connectivity index is 1.61. The van der Waals surface area contributed by atoms with Gasteiger partial charge in [-0.05, 0) is 63.3 Å². The third-order valence-electron chi connectivity index (χ3n) is 5.95. The zero-order valence-corrected chi connectivity index (χ0v) is 16.5. The molecule has 0 spiro atoms. The van der Waals surface area contributed by atoms with Gasteiger partial charge in [-0.25, -0.2) is 4.79 Å². The van der Waals surface area contributed by atoms with E-state index in [-0.39, 0.29) is 30.0 Å². The predicted octanol–water partition coefficient (Wildman–Crippen LogP) is 3.15. The fourth-order valence-corrected chi connectivity index (χ4v) is 4.76. The first-order chi connectivity index (χ1) is 12.8. The number of benzene rings is 1. The Morgan fingerprint density at radius 3 is 2.70 bits per heavy atom. The van der Waals surface area contributed by atoms with Gasteiger partial charge >= 0.3 is 6.09 Å². The van der Waals surface area contributed by atoms with Gasteiger partial charge in [0.1, 0.15) is 11.4 Å². The van der Waals surface area contributed by atoms with Crippen LogP contribution in [0, 0.1) is 5.92 Å².